The number of nitrogens with zero attached hydrogens (tertiary/aromatic N) is 4. The van der Waals surface area contributed by atoms with E-state index < -0.39 is 16.1 Å². The van der Waals surface area contributed by atoms with Crippen LogP contribution in [-0.2, 0) is 10.0 Å². The summed E-state index contributed by atoms with van der Waals surface area (Å²) in [4.78, 5) is 4.35. The molecule has 0 saturated carbocycles. The van der Waals surface area contributed by atoms with E-state index in [1.165, 1.54) is 0 Å². The molecule has 0 aliphatic rings. The summed E-state index contributed by atoms with van der Waals surface area (Å²) in [5, 5.41) is 11.1. The number of rotatable bonds is 5. The number of hydrogen-bond donors (Lipinski definition) is 2. The van der Waals surface area contributed by atoms with Gasteiger partial charge in [-0.1, -0.05) is 18.2 Å². The van der Waals surface area contributed by atoms with Crippen LogP contribution in [0.2, 0.25) is 0 Å². The molecule has 2 N–H and O–H groups in total. The maximum atomic E-state index is 12.9. The van der Waals surface area contributed by atoms with Gasteiger partial charge in [-0.2, -0.15) is 10.2 Å². The quantitative estimate of drug-likeness (QED) is 0.723. The van der Waals surface area contributed by atoms with E-state index in [1.807, 2.05) is 30.3 Å². The third-order valence-corrected chi connectivity index (χ3v) is 5.62. The smallest absolute Gasteiger partial charge is 0.244 e. The highest BCUT2D eigenvalue weighted by Crippen LogP contribution is 2.24. The zero-order valence-electron chi connectivity index (χ0n) is 14.5. The van der Waals surface area contributed by atoms with Gasteiger partial charge in [-0.25, -0.2) is 22.8 Å². The lowest BCUT2D eigenvalue weighted by atomic mass is 10.3. The Bertz CT molecular complexity index is 991. The van der Waals surface area contributed by atoms with E-state index >= 15 is 0 Å². The van der Waals surface area contributed by atoms with Gasteiger partial charge in [-0.05, 0) is 39.8 Å². The van der Waals surface area contributed by atoms with Crippen LogP contribution in [0.1, 0.15) is 36.0 Å². The van der Waals surface area contributed by atoms with Crippen molar-refractivity contribution in [3.8, 4) is 5.69 Å². The summed E-state index contributed by atoms with van der Waals surface area (Å²) in [5.74, 6) is 1.03. The SMILES string of the molecule is Cc1nc([C@H](C)NS(=O)(=O)c2c(C)nn(-c3ccccc3)c2C)n[nH]1. The minimum absolute atomic E-state index is 0.176. The van der Waals surface area contributed by atoms with Gasteiger partial charge in [0.2, 0.25) is 10.0 Å². The first-order valence-corrected chi connectivity index (χ1v) is 9.31. The highest BCUT2D eigenvalue weighted by atomic mass is 32.2. The monoisotopic (exact) mass is 360 g/mol. The minimum Gasteiger partial charge on any atom is -0.263 e. The summed E-state index contributed by atoms with van der Waals surface area (Å²) in [6.07, 6.45) is 0. The molecule has 3 aromatic rings. The molecule has 25 heavy (non-hydrogen) atoms. The zero-order valence-corrected chi connectivity index (χ0v) is 15.3. The lowest BCUT2D eigenvalue weighted by Gasteiger charge is -2.12. The lowest BCUT2D eigenvalue weighted by molar-refractivity contribution is 0.559. The predicted octanol–water partition coefficient (Wildman–Crippen LogP) is 1.96. The number of hydrogen-bond acceptors (Lipinski definition) is 5. The van der Waals surface area contributed by atoms with Crippen molar-refractivity contribution in [1.29, 1.82) is 0 Å². The van der Waals surface area contributed by atoms with Gasteiger partial charge >= 0.3 is 0 Å². The fourth-order valence-electron chi connectivity index (χ4n) is 2.74. The lowest BCUT2D eigenvalue weighted by Crippen LogP contribution is -2.28. The molecule has 0 unspecified atom stereocenters. The van der Waals surface area contributed by atoms with Gasteiger partial charge in [0.05, 0.1) is 23.1 Å². The number of nitrogens with one attached hydrogen (secondary N) is 2. The van der Waals surface area contributed by atoms with E-state index in [-0.39, 0.29) is 4.90 Å². The van der Waals surface area contributed by atoms with Gasteiger partial charge in [-0.3, -0.25) is 5.10 Å². The Labute approximate surface area is 146 Å². The van der Waals surface area contributed by atoms with E-state index in [0.717, 1.165) is 5.69 Å². The Morgan fingerprint density at radius 2 is 1.84 bits per heavy atom. The van der Waals surface area contributed by atoms with Crippen LogP contribution in [0.15, 0.2) is 35.2 Å². The summed E-state index contributed by atoms with van der Waals surface area (Å²) in [6.45, 7) is 6.88. The third kappa shape index (κ3) is 3.33. The number of sulfonamides is 1. The van der Waals surface area contributed by atoms with Crippen LogP contribution in [-0.4, -0.2) is 33.4 Å². The second kappa shape index (κ2) is 6.41. The number of para-hydroxylation sites is 1. The second-order valence-electron chi connectivity index (χ2n) is 5.87. The van der Waals surface area contributed by atoms with Crippen LogP contribution < -0.4 is 4.72 Å². The first-order valence-electron chi connectivity index (χ1n) is 7.82. The largest absolute Gasteiger partial charge is 0.263 e. The van der Waals surface area contributed by atoms with E-state index in [2.05, 4.69) is 25.0 Å². The van der Waals surface area contributed by atoms with E-state index in [9.17, 15) is 8.42 Å². The number of aromatic amines is 1. The standard InChI is InChI=1S/C16H20N6O2S/c1-10-15(12(3)22(20-10)14-8-6-5-7-9-14)25(23,24)21-11(2)16-17-13(4)18-19-16/h5-9,11,21H,1-4H3,(H,17,18,19)/t11-/m0/s1. The number of aryl methyl sites for hydroxylation is 2. The van der Waals surface area contributed by atoms with Gasteiger partial charge in [0.15, 0.2) is 5.82 Å². The van der Waals surface area contributed by atoms with Crippen LogP contribution >= 0.6 is 0 Å². The topological polar surface area (TPSA) is 106 Å². The van der Waals surface area contributed by atoms with Crippen LogP contribution in [0.3, 0.4) is 0 Å². The van der Waals surface area contributed by atoms with Crippen LogP contribution in [0, 0.1) is 20.8 Å². The predicted molar refractivity (Wildman–Crippen MR) is 92.9 cm³/mol. The van der Waals surface area contributed by atoms with Crippen molar-refractivity contribution >= 4 is 10.0 Å². The number of H-pyrrole nitrogens is 1. The van der Waals surface area contributed by atoms with Gasteiger partial charge in [0.1, 0.15) is 10.7 Å². The molecule has 0 bridgehead atoms. The Morgan fingerprint density at radius 3 is 2.44 bits per heavy atom. The van der Waals surface area contributed by atoms with Crippen molar-refractivity contribution in [2.24, 2.45) is 0 Å². The van der Waals surface area contributed by atoms with Crippen molar-refractivity contribution in [3.05, 3.63) is 53.4 Å². The van der Waals surface area contributed by atoms with Gasteiger partial charge in [0.25, 0.3) is 0 Å². The molecule has 0 amide bonds. The molecule has 2 aromatic heterocycles. The summed E-state index contributed by atoms with van der Waals surface area (Å²) < 4.78 is 30.0. The first kappa shape index (κ1) is 17.3. The van der Waals surface area contributed by atoms with Gasteiger partial charge < -0.3 is 0 Å². The molecular formula is C16H20N6O2S. The Hall–Kier alpha value is -2.52. The van der Waals surface area contributed by atoms with Gasteiger partial charge in [0, 0.05) is 0 Å². The molecular weight excluding hydrogens is 340 g/mol. The Morgan fingerprint density at radius 1 is 1.16 bits per heavy atom. The molecule has 8 nitrogen and oxygen atoms in total. The van der Waals surface area contributed by atoms with Gasteiger partial charge in [-0.15, -0.1) is 0 Å². The highest BCUT2D eigenvalue weighted by Gasteiger charge is 2.28. The Balaban J connectivity index is 1.96. The minimum atomic E-state index is -3.77. The molecule has 0 spiro atoms. The molecule has 0 aliphatic carbocycles. The molecule has 2 heterocycles. The molecule has 1 atom stereocenters. The van der Waals surface area contributed by atoms with Crippen LogP contribution in [0.5, 0.6) is 0 Å². The zero-order chi connectivity index (χ0) is 18.2. The fraction of sp³-hybridized carbons (Fsp3) is 0.312. The van der Waals surface area contributed by atoms with Crippen molar-refractivity contribution < 1.29 is 8.42 Å². The third-order valence-electron chi connectivity index (χ3n) is 3.83. The number of aromatic nitrogens is 5. The molecule has 1 aromatic carbocycles. The first-order chi connectivity index (χ1) is 11.8. The molecule has 0 fully saturated rings. The van der Waals surface area contributed by atoms with E-state index in [1.54, 1.807) is 32.4 Å². The highest BCUT2D eigenvalue weighted by molar-refractivity contribution is 7.89. The second-order valence-corrected chi connectivity index (χ2v) is 7.52. The maximum Gasteiger partial charge on any atom is 0.244 e. The maximum absolute atomic E-state index is 12.9. The fourth-order valence-corrected chi connectivity index (χ4v) is 4.33. The molecule has 9 heteroatoms. The van der Waals surface area contributed by atoms with Crippen molar-refractivity contribution in [1.82, 2.24) is 29.7 Å². The van der Waals surface area contributed by atoms with Crippen LogP contribution in [0.25, 0.3) is 5.69 Å². The molecule has 0 radical (unpaired) electrons. The van der Waals surface area contributed by atoms with Crippen LogP contribution in [0.4, 0.5) is 0 Å². The van der Waals surface area contributed by atoms with Crippen molar-refractivity contribution in [3.63, 3.8) is 0 Å². The van der Waals surface area contributed by atoms with Crippen molar-refractivity contribution in [2.75, 3.05) is 0 Å². The normalized spacial score (nSPS) is 13.1. The Kier molecular flexibility index (Phi) is 4.44. The van der Waals surface area contributed by atoms with E-state index in [4.69, 9.17) is 0 Å². The van der Waals surface area contributed by atoms with Crippen molar-refractivity contribution in [2.45, 2.75) is 38.6 Å². The average Bonchev–Trinajstić information content (AvgIpc) is 3.11. The number of benzene rings is 1. The van der Waals surface area contributed by atoms with E-state index in [0.29, 0.717) is 23.0 Å². The molecule has 132 valence electrons. The average molecular weight is 360 g/mol. The summed E-state index contributed by atoms with van der Waals surface area (Å²) >= 11 is 0. The summed E-state index contributed by atoms with van der Waals surface area (Å²) in [5.41, 5.74) is 1.80. The molecule has 0 aliphatic heterocycles. The summed E-state index contributed by atoms with van der Waals surface area (Å²) in [6, 6.07) is 8.85. The summed E-state index contributed by atoms with van der Waals surface area (Å²) in [7, 11) is -3.77. The molecule has 3 rings (SSSR count). The molecule has 0 saturated heterocycles.